The van der Waals surface area contributed by atoms with Gasteiger partial charge in [0, 0.05) is 47.1 Å². The molecule has 5 rings (SSSR count). The van der Waals surface area contributed by atoms with E-state index in [0.29, 0.717) is 35.3 Å². The minimum absolute atomic E-state index is 0. The maximum Gasteiger partial charge on any atom is 0.337 e. The maximum atomic E-state index is 13.3. The second-order valence-electron chi connectivity index (χ2n) is 10.4. The van der Waals surface area contributed by atoms with Crippen molar-refractivity contribution in [3.63, 3.8) is 0 Å². The van der Waals surface area contributed by atoms with Crippen LogP contribution < -0.4 is 4.74 Å². The van der Waals surface area contributed by atoms with Gasteiger partial charge in [0.1, 0.15) is 17.3 Å². The van der Waals surface area contributed by atoms with Crippen molar-refractivity contribution in [2.45, 2.75) is 51.5 Å². The van der Waals surface area contributed by atoms with Crippen molar-refractivity contribution < 1.29 is 19.4 Å². The predicted molar refractivity (Wildman–Crippen MR) is 145 cm³/mol. The molecule has 8 nitrogen and oxygen atoms in total. The van der Waals surface area contributed by atoms with Gasteiger partial charge >= 0.3 is 5.97 Å². The zero-order valence-corrected chi connectivity index (χ0v) is 22.7. The van der Waals surface area contributed by atoms with Crippen molar-refractivity contribution in [2.24, 2.45) is 0 Å². The van der Waals surface area contributed by atoms with E-state index in [1.807, 2.05) is 39.0 Å². The monoisotopic (exact) mass is 564 g/mol. The number of hydrogen-bond acceptors (Lipinski definition) is 6. The van der Waals surface area contributed by atoms with Gasteiger partial charge in [-0.05, 0) is 48.6 Å². The van der Waals surface area contributed by atoms with Gasteiger partial charge in [0.25, 0.3) is 0 Å². The van der Waals surface area contributed by atoms with Gasteiger partial charge in [0.15, 0.2) is 5.78 Å². The van der Waals surface area contributed by atoms with Crippen LogP contribution in [0.25, 0.3) is 0 Å². The Bertz CT molecular complexity index is 1380. The minimum atomic E-state index is -1.05. The van der Waals surface area contributed by atoms with Crippen LogP contribution >= 0.6 is 17.0 Å². The zero-order valence-electron chi connectivity index (χ0n) is 20.9. The second kappa shape index (κ2) is 10.0. The van der Waals surface area contributed by atoms with Crippen molar-refractivity contribution in [1.82, 2.24) is 14.9 Å². The van der Waals surface area contributed by atoms with Gasteiger partial charge in [-0.2, -0.15) is 0 Å². The van der Waals surface area contributed by atoms with E-state index in [-0.39, 0.29) is 46.2 Å². The maximum absolute atomic E-state index is 13.3. The lowest BCUT2D eigenvalue weighted by Gasteiger charge is -2.24. The number of halogens is 1. The number of carboxylic acids is 1. The van der Waals surface area contributed by atoms with Crippen molar-refractivity contribution in [3.8, 4) is 11.6 Å². The van der Waals surface area contributed by atoms with E-state index in [4.69, 9.17) is 20.2 Å². The number of rotatable bonds is 7. The lowest BCUT2D eigenvalue weighted by molar-refractivity contribution is 0.0696. The number of benzene rings is 1. The summed E-state index contributed by atoms with van der Waals surface area (Å²) in [6, 6.07) is 12.3. The van der Waals surface area contributed by atoms with Gasteiger partial charge < -0.3 is 14.7 Å². The molecule has 0 amide bonds. The number of nitrogens with one attached hydrogen (secondary N) is 1. The summed E-state index contributed by atoms with van der Waals surface area (Å²) in [7, 11) is 0. The van der Waals surface area contributed by atoms with Crippen LogP contribution in [0.5, 0.6) is 11.6 Å². The lowest BCUT2D eigenvalue weighted by atomic mass is 9.85. The molecule has 1 aromatic carbocycles. The van der Waals surface area contributed by atoms with Gasteiger partial charge in [-0.15, -0.1) is 17.0 Å². The molecule has 1 fully saturated rings. The highest BCUT2D eigenvalue weighted by molar-refractivity contribution is 8.93. The summed E-state index contributed by atoms with van der Waals surface area (Å²) in [5, 5.41) is 17.7. The summed E-state index contributed by atoms with van der Waals surface area (Å²) < 4.78 is 5.97. The first-order valence-corrected chi connectivity index (χ1v) is 12.0. The molecule has 0 spiro atoms. The molecule has 3 heterocycles. The first-order valence-electron chi connectivity index (χ1n) is 12.0. The molecule has 0 bridgehead atoms. The Morgan fingerprint density at radius 2 is 1.84 bits per heavy atom. The quantitative estimate of drug-likeness (QED) is 0.351. The average molecular weight is 565 g/mol. The molecular formula is C28H29BrN4O4. The van der Waals surface area contributed by atoms with E-state index in [1.165, 1.54) is 18.3 Å². The first kappa shape index (κ1) is 26.5. The molecule has 192 valence electrons. The normalized spacial score (nSPS) is 14.7. The van der Waals surface area contributed by atoms with Crippen LogP contribution in [-0.2, 0) is 12.0 Å². The van der Waals surface area contributed by atoms with E-state index in [0.717, 1.165) is 29.7 Å². The van der Waals surface area contributed by atoms with Crippen molar-refractivity contribution in [3.05, 3.63) is 82.3 Å². The molecule has 1 saturated carbocycles. The number of hydrogen-bond donors (Lipinski definition) is 2. The molecule has 2 N–H and O–H groups in total. The minimum Gasteiger partial charge on any atom is -0.478 e. The number of carbonyl (C=O) groups excluding carboxylic acids is 1. The Morgan fingerprint density at radius 3 is 2.46 bits per heavy atom. The van der Waals surface area contributed by atoms with Gasteiger partial charge in [0.05, 0.1) is 12.1 Å². The summed E-state index contributed by atoms with van der Waals surface area (Å²) in [4.78, 5) is 34.9. The molecule has 2 aliphatic rings. The largest absolute Gasteiger partial charge is 0.478 e. The van der Waals surface area contributed by atoms with Crippen LogP contribution in [0.2, 0.25) is 0 Å². The second-order valence-corrected chi connectivity index (χ2v) is 10.4. The number of aromatic carboxylic acids is 1. The molecule has 2 aromatic heterocycles. The van der Waals surface area contributed by atoms with E-state index >= 15 is 0 Å². The third-order valence-electron chi connectivity index (χ3n) is 6.54. The molecule has 0 radical (unpaired) electrons. The van der Waals surface area contributed by atoms with Crippen LogP contribution in [-0.4, -0.2) is 44.1 Å². The van der Waals surface area contributed by atoms with Crippen molar-refractivity contribution >= 4 is 34.6 Å². The summed E-state index contributed by atoms with van der Waals surface area (Å²) >= 11 is 0. The summed E-state index contributed by atoms with van der Waals surface area (Å²) in [5.41, 5.74) is 3.83. The number of amidine groups is 1. The Hall–Kier alpha value is -3.59. The molecule has 0 atom stereocenters. The number of Topliss-reactive ketones (excluding diaryl/α,β-unsaturated/α-hetero) is 1. The van der Waals surface area contributed by atoms with Crippen molar-refractivity contribution in [2.75, 3.05) is 6.54 Å². The standard InChI is InChI=1S/C28H28N4O4.BrH/c1-28(2,3)20-12-17(7-10-23(20)36-24-11-8-18(13-30-24)27(34)35)22(33)15-32-14-19-6-9-21(16-4-5-16)31-25(19)26(32)29;/h6-13,16,29H,4-5,14-15H2,1-3H3,(H,34,35);1H. The third-order valence-corrected chi connectivity index (χ3v) is 6.54. The van der Waals surface area contributed by atoms with Gasteiger partial charge in [-0.3, -0.25) is 10.2 Å². The molecule has 1 aliphatic heterocycles. The SMILES string of the molecule is Br.CC(C)(C)c1cc(C(=O)CN2Cc3ccc(C4CC4)nc3C2=N)ccc1Oc1ccc(C(=O)O)cn1. The van der Waals surface area contributed by atoms with Crippen LogP contribution in [0.4, 0.5) is 0 Å². The molecule has 0 unspecified atom stereocenters. The summed E-state index contributed by atoms with van der Waals surface area (Å²) in [6.45, 7) is 6.68. The topological polar surface area (TPSA) is 116 Å². The highest BCUT2D eigenvalue weighted by Crippen LogP contribution is 2.40. The van der Waals surface area contributed by atoms with Crippen molar-refractivity contribution in [1.29, 1.82) is 5.41 Å². The van der Waals surface area contributed by atoms with E-state index in [9.17, 15) is 9.59 Å². The van der Waals surface area contributed by atoms with Crippen LogP contribution in [0.1, 0.15) is 82.8 Å². The highest BCUT2D eigenvalue weighted by Gasteiger charge is 2.31. The molecule has 1 aliphatic carbocycles. The molecule has 37 heavy (non-hydrogen) atoms. The molecule has 0 saturated heterocycles. The van der Waals surface area contributed by atoms with Crippen LogP contribution in [0.3, 0.4) is 0 Å². The van der Waals surface area contributed by atoms with Crippen LogP contribution in [0.15, 0.2) is 48.7 Å². The smallest absolute Gasteiger partial charge is 0.337 e. The summed E-state index contributed by atoms with van der Waals surface area (Å²) in [6.07, 6.45) is 3.56. The number of pyridine rings is 2. The Morgan fingerprint density at radius 1 is 1.11 bits per heavy atom. The fourth-order valence-corrected chi connectivity index (χ4v) is 4.33. The van der Waals surface area contributed by atoms with Gasteiger partial charge in [-0.25, -0.2) is 14.8 Å². The summed E-state index contributed by atoms with van der Waals surface area (Å²) in [5.74, 6) is 0.489. The third kappa shape index (κ3) is 5.56. The zero-order chi connectivity index (χ0) is 25.6. The Labute approximate surface area is 226 Å². The predicted octanol–water partition coefficient (Wildman–Crippen LogP) is 5.74. The number of ether oxygens (including phenoxy) is 1. The number of carboxylic acid groups (broad SMARTS) is 1. The van der Waals surface area contributed by atoms with Gasteiger partial charge in [-0.1, -0.05) is 26.8 Å². The first-order chi connectivity index (χ1) is 17.1. The number of nitrogens with zero attached hydrogens (tertiary/aromatic N) is 3. The number of fused-ring (bicyclic) bond motifs is 1. The van der Waals surface area contributed by atoms with E-state index in [1.54, 1.807) is 17.0 Å². The van der Waals surface area contributed by atoms with Crippen LogP contribution in [0, 0.1) is 5.41 Å². The molecular weight excluding hydrogens is 536 g/mol. The van der Waals surface area contributed by atoms with E-state index in [2.05, 4.69) is 4.98 Å². The number of carbonyl (C=O) groups is 2. The van der Waals surface area contributed by atoms with Gasteiger partial charge in [0.2, 0.25) is 5.88 Å². The molecule has 3 aromatic rings. The fourth-order valence-electron chi connectivity index (χ4n) is 4.33. The average Bonchev–Trinajstić information content (AvgIpc) is 3.64. The fraction of sp³-hybridized carbons (Fsp3) is 0.321. The van der Waals surface area contributed by atoms with E-state index < -0.39 is 5.97 Å². The lowest BCUT2D eigenvalue weighted by Crippen LogP contribution is -2.30. The number of ketones is 1. The highest BCUT2D eigenvalue weighted by atomic mass is 79.9. The molecule has 9 heteroatoms. The Balaban J connectivity index is 0.00000320. The Kier molecular flexibility index (Phi) is 7.19. The number of aromatic nitrogens is 2.